The van der Waals surface area contributed by atoms with Crippen LogP contribution in [-0.2, 0) is 17.6 Å². The van der Waals surface area contributed by atoms with Crippen molar-refractivity contribution in [1.29, 1.82) is 0 Å². The molecule has 1 N–H and O–H groups in total. The first kappa shape index (κ1) is 14.8. The minimum Gasteiger partial charge on any atom is -0.339 e. The molecular weight excluding hydrogens is 276 g/mol. The van der Waals surface area contributed by atoms with Gasteiger partial charge < -0.3 is 9.51 Å². The van der Waals surface area contributed by atoms with Crippen LogP contribution in [0.5, 0.6) is 0 Å². The number of thioether (sulfide) groups is 1. The van der Waals surface area contributed by atoms with Gasteiger partial charge in [0.05, 0.1) is 5.75 Å². The fourth-order valence-corrected chi connectivity index (χ4v) is 2.22. The molecule has 0 aliphatic rings. The van der Waals surface area contributed by atoms with E-state index in [-0.39, 0.29) is 11.0 Å². The van der Waals surface area contributed by atoms with Crippen molar-refractivity contribution in [3.63, 3.8) is 0 Å². The van der Waals surface area contributed by atoms with Crippen molar-refractivity contribution in [2.75, 3.05) is 0 Å². The molecule has 2 aromatic rings. The lowest BCUT2D eigenvalue weighted by atomic mass is 9.97. The summed E-state index contributed by atoms with van der Waals surface area (Å²) in [5.41, 5.74) is 0.479. The minimum atomic E-state index is -0.162. The molecule has 0 aromatic carbocycles. The summed E-state index contributed by atoms with van der Waals surface area (Å²) < 4.78 is 5.22. The molecule has 108 valence electrons. The van der Waals surface area contributed by atoms with E-state index in [1.54, 1.807) is 0 Å². The first-order chi connectivity index (χ1) is 9.38. The van der Waals surface area contributed by atoms with E-state index in [1.165, 1.54) is 17.8 Å². The molecule has 0 radical (unpaired) electrons. The van der Waals surface area contributed by atoms with Crippen LogP contribution in [0.2, 0.25) is 0 Å². The van der Waals surface area contributed by atoms with E-state index in [9.17, 15) is 4.79 Å². The standard InChI is InChI=1S/C13H18N4O2S/c1-5-8-6-10(18)16-12(14-8)20-7-9-15-11(19-17-9)13(2,3)4/h6H,5,7H2,1-4H3,(H,14,16,18). The van der Waals surface area contributed by atoms with Crippen LogP contribution in [-0.4, -0.2) is 20.1 Å². The predicted molar refractivity (Wildman–Crippen MR) is 76.8 cm³/mol. The van der Waals surface area contributed by atoms with Gasteiger partial charge in [-0.2, -0.15) is 4.98 Å². The third-order valence-corrected chi connectivity index (χ3v) is 3.45. The predicted octanol–water partition coefficient (Wildman–Crippen LogP) is 2.31. The normalized spacial score (nSPS) is 11.8. The molecule has 2 rings (SSSR count). The van der Waals surface area contributed by atoms with Crippen LogP contribution < -0.4 is 5.56 Å². The number of hydrogen-bond donors (Lipinski definition) is 1. The second-order valence-electron chi connectivity index (χ2n) is 5.45. The van der Waals surface area contributed by atoms with Crippen LogP contribution in [0, 0.1) is 0 Å². The van der Waals surface area contributed by atoms with E-state index < -0.39 is 0 Å². The lowest BCUT2D eigenvalue weighted by Gasteiger charge is -2.10. The van der Waals surface area contributed by atoms with Crippen LogP contribution in [0.1, 0.15) is 45.1 Å². The molecule has 2 aromatic heterocycles. The van der Waals surface area contributed by atoms with Crippen molar-refractivity contribution in [3.8, 4) is 0 Å². The Bertz CT molecular complexity index is 642. The summed E-state index contributed by atoms with van der Waals surface area (Å²) in [5, 5.41) is 4.52. The summed E-state index contributed by atoms with van der Waals surface area (Å²) in [6.07, 6.45) is 0.730. The van der Waals surface area contributed by atoms with Crippen molar-refractivity contribution in [2.24, 2.45) is 0 Å². The zero-order valence-electron chi connectivity index (χ0n) is 12.1. The van der Waals surface area contributed by atoms with Crippen LogP contribution in [0.15, 0.2) is 20.5 Å². The first-order valence-corrected chi connectivity index (χ1v) is 7.43. The Labute approximate surface area is 121 Å². The molecule has 0 unspecified atom stereocenters. The van der Waals surface area contributed by atoms with E-state index in [0.29, 0.717) is 22.6 Å². The van der Waals surface area contributed by atoms with E-state index >= 15 is 0 Å². The molecule has 0 amide bonds. The highest BCUT2D eigenvalue weighted by Crippen LogP contribution is 2.22. The van der Waals surface area contributed by atoms with Gasteiger partial charge in [-0.05, 0) is 6.42 Å². The molecular formula is C13H18N4O2S. The molecule has 0 saturated heterocycles. The molecule has 6 nitrogen and oxygen atoms in total. The molecule has 0 spiro atoms. The first-order valence-electron chi connectivity index (χ1n) is 6.44. The van der Waals surface area contributed by atoms with Crippen molar-refractivity contribution < 1.29 is 4.52 Å². The highest BCUT2D eigenvalue weighted by atomic mass is 32.2. The number of H-pyrrole nitrogens is 1. The van der Waals surface area contributed by atoms with Gasteiger partial charge in [0.25, 0.3) is 5.56 Å². The number of aromatic nitrogens is 4. The van der Waals surface area contributed by atoms with E-state index in [4.69, 9.17) is 4.52 Å². The van der Waals surface area contributed by atoms with Crippen LogP contribution in [0.4, 0.5) is 0 Å². The number of aryl methyl sites for hydroxylation is 1. The van der Waals surface area contributed by atoms with Gasteiger partial charge in [-0.25, -0.2) is 4.98 Å². The molecule has 0 aliphatic carbocycles. The number of nitrogens with zero attached hydrogens (tertiary/aromatic N) is 3. The van der Waals surface area contributed by atoms with Crippen LogP contribution in [0.3, 0.4) is 0 Å². The smallest absolute Gasteiger partial charge is 0.251 e. The molecule has 2 heterocycles. The summed E-state index contributed by atoms with van der Waals surface area (Å²) in [5.74, 6) is 1.72. The van der Waals surface area contributed by atoms with Crippen molar-refractivity contribution >= 4 is 11.8 Å². The monoisotopic (exact) mass is 294 g/mol. The Morgan fingerprint density at radius 2 is 2.10 bits per heavy atom. The van der Waals surface area contributed by atoms with E-state index in [0.717, 1.165) is 12.1 Å². The molecule has 20 heavy (non-hydrogen) atoms. The van der Waals surface area contributed by atoms with E-state index in [2.05, 4.69) is 20.1 Å². The Morgan fingerprint density at radius 1 is 1.35 bits per heavy atom. The quantitative estimate of drug-likeness (QED) is 0.688. The van der Waals surface area contributed by atoms with Gasteiger partial charge in [0.2, 0.25) is 5.89 Å². The van der Waals surface area contributed by atoms with E-state index in [1.807, 2.05) is 27.7 Å². The lowest BCUT2D eigenvalue weighted by molar-refractivity contribution is 0.319. The van der Waals surface area contributed by atoms with Crippen LogP contribution >= 0.6 is 11.8 Å². The second kappa shape index (κ2) is 5.78. The van der Waals surface area contributed by atoms with Gasteiger partial charge in [-0.15, -0.1) is 0 Å². The van der Waals surface area contributed by atoms with Crippen molar-refractivity contribution in [3.05, 3.63) is 33.8 Å². The van der Waals surface area contributed by atoms with Gasteiger partial charge in [0.15, 0.2) is 11.0 Å². The summed E-state index contributed by atoms with van der Waals surface area (Å²) >= 11 is 1.39. The largest absolute Gasteiger partial charge is 0.339 e. The topological polar surface area (TPSA) is 84.7 Å². The van der Waals surface area contributed by atoms with Gasteiger partial charge in [-0.3, -0.25) is 4.79 Å². The summed E-state index contributed by atoms with van der Waals surface area (Å²) in [6, 6.07) is 1.51. The molecule has 0 aliphatic heterocycles. The Morgan fingerprint density at radius 3 is 2.70 bits per heavy atom. The maximum atomic E-state index is 11.5. The number of rotatable bonds is 4. The van der Waals surface area contributed by atoms with Crippen molar-refractivity contribution in [1.82, 2.24) is 20.1 Å². The maximum Gasteiger partial charge on any atom is 0.251 e. The van der Waals surface area contributed by atoms with Gasteiger partial charge >= 0.3 is 0 Å². The van der Waals surface area contributed by atoms with Gasteiger partial charge in [0.1, 0.15) is 0 Å². The summed E-state index contributed by atoms with van der Waals surface area (Å²) in [6.45, 7) is 8.01. The third kappa shape index (κ3) is 3.69. The lowest BCUT2D eigenvalue weighted by Crippen LogP contribution is -2.11. The van der Waals surface area contributed by atoms with Crippen molar-refractivity contribution in [2.45, 2.75) is 50.4 Å². The van der Waals surface area contributed by atoms with Crippen LogP contribution in [0.25, 0.3) is 0 Å². The minimum absolute atomic E-state index is 0.136. The van der Waals surface area contributed by atoms with Gasteiger partial charge in [-0.1, -0.05) is 44.6 Å². The number of hydrogen-bond acceptors (Lipinski definition) is 6. The zero-order chi connectivity index (χ0) is 14.8. The Hall–Kier alpha value is -1.63. The number of aromatic amines is 1. The highest BCUT2D eigenvalue weighted by molar-refractivity contribution is 7.98. The molecule has 7 heteroatoms. The number of nitrogens with one attached hydrogen (secondary N) is 1. The SMILES string of the molecule is CCc1cc(=O)[nH]c(SCc2noc(C(C)(C)C)n2)n1. The van der Waals surface area contributed by atoms with Gasteiger partial charge in [0, 0.05) is 17.2 Å². The summed E-state index contributed by atoms with van der Waals surface area (Å²) in [4.78, 5) is 22.8. The Balaban J connectivity index is 2.07. The molecule has 0 saturated carbocycles. The third-order valence-electron chi connectivity index (χ3n) is 2.58. The fourth-order valence-electron chi connectivity index (χ4n) is 1.48. The Kier molecular flexibility index (Phi) is 4.27. The average Bonchev–Trinajstić information content (AvgIpc) is 2.84. The zero-order valence-corrected chi connectivity index (χ0v) is 12.9. The molecule has 0 bridgehead atoms. The molecule has 0 atom stereocenters. The fraction of sp³-hybridized carbons (Fsp3) is 0.538. The summed E-state index contributed by atoms with van der Waals surface area (Å²) in [7, 11) is 0. The maximum absolute atomic E-state index is 11.5. The average molecular weight is 294 g/mol. The highest BCUT2D eigenvalue weighted by Gasteiger charge is 2.21. The molecule has 0 fully saturated rings. The second-order valence-corrected chi connectivity index (χ2v) is 6.41.